The van der Waals surface area contributed by atoms with E-state index in [2.05, 4.69) is 63.8 Å². The molecule has 0 N–H and O–H groups in total. The smallest absolute Gasteiger partial charge is 0.0227 e. The van der Waals surface area contributed by atoms with Crippen LogP contribution in [0.25, 0.3) is 11.1 Å². The molecule has 0 heteroatoms. The number of rotatable bonds is 4. The molecule has 0 unspecified atom stereocenters. The zero-order chi connectivity index (χ0) is 12.8. The maximum absolute atomic E-state index is 3.95. The van der Waals surface area contributed by atoms with E-state index < -0.39 is 0 Å². The van der Waals surface area contributed by atoms with Crippen LogP contribution in [-0.4, -0.2) is 0 Å². The lowest BCUT2D eigenvalue weighted by molar-refractivity contribution is 1.10. The zero-order valence-corrected chi connectivity index (χ0v) is 11.4. The Morgan fingerprint density at radius 1 is 1.00 bits per heavy atom. The second kappa shape index (κ2) is 6.24. The largest absolute Gasteiger partial charge is 0.0955 e. The van der Waals surface area contributed by atoms with Crippen molar-refractivity contribution >= 4 is 11.1 Å². The van der Waals surface area contributed by atoms with Crippen molar-refractivity contribution < 1.29 is 0 Å². The van der Waals surface area contributed by atoms with E-state index in [0.29, 0.717) is 0 Å². The predicted molar refractivity (Wildman–Crippen MR) is 78.8 cm³/mol. The molecule has 0 amide bonds. The molecule has 0 heterocycles. The summed E-state index contributed by atoms with van der Waals surface area (Å²) < 4.78 is 0. The molecule has 1 rings (SSSR count). The van der Waals surface area contributed by atoms with Gasteiger partial charge in [0.05, 0.1) is 0 Å². The van der Waals surface area contributed by atoms with E-state index in [4.69, 9.17) is 0 Å². The van der Waals surface area contributed by atoms with Crippen LogP contribution < -0.4 is 0 Å². The lowest BCUT2D eigenvalue weighted by Gasteiger charge is -2.04. The Labute approximate surface area is 105 Å². The molecule has 0 nitrogen and oxygen atoms in total. The number of hydrogen-bond donors (Lipinski definition) is 0. The SMILES string of the molecule is C=C(C)c1ccc(/C(C)=C/C=C(\C)CC)cc1. The van der Waals surface area contributed by atoms with Crippen LogP contribution in [0.3, 0.4) is 0 Å². The van der Waals surface area contributed by atoms with Gasteiger partial charge in [0.25, 0.3) is 0 Å². The molecule has 0 bridgehead atoms. The molecule has 0 spiro atoms. The van der Waals surface area contributed by atoms with Crippen LogP contribution in [0.4, 0.5) is 0 Å². The molecule has 0 saturated carbocycles. The second-order valence-electron chi connectivity index (χ2n) is 4.57. The predicted octanol–water partition coefficient (Wildman–Crippen LogP) is 5.48. The van der Waals surface area contributed by atoms with E-state index in [1.165, 1.54) is 22.3 Å². The molecule has 0 fully saturated rings. The van der Waals surface area contributed by atoms with Crippen molar-refractivity contribution in [3.8, 4) is 0 Å². The molecule has 0 aliphatic carbocycles. The Hall–Kier alpha value is -1.56. The molecule has 0 atom stereocenters. The maximum Gasteiger partial charge on any atom is -0.0227 e. The summed E-state index contributed by atoms with van der Waals surface area (Å²) in [5.74, 6) is 0. The van der Waals surface area contributed by atoms with Crippen LogP contribution >= 0.6 is 0 Å². The van der Waals surface area contributed by atoms with E-state index in [1.54, 1.807) is 0 Å². The number of allylic oxidation sites excluding steroid dienone is 5. The highest BCUT2D eigenvalue weighted by Gasteiger charge is 1.96. The molecular formula is C17H22. The Balaban J connectivity index is 2.90. The summed E-state index contributed by atoms with van der Waals surface area (Å²) in [6.07, 6.45) is 5.50. The van der Waals surface area contributed by atoms with Crippen molar-refractivity contribution in [2.75, 3.05) is 0 Å². The summed E-state index contributed by atoms with van der Waals surface area (Å²) in [6.45, 7) is 12.5. The van der Waals surface area contributed by atoms with Crippen LogP contribution in [0.2, 0.25) is 0 Å². The third-order valence-corrected chi connectivity index (χ3v) is 3.01. The van der Waals surface area contributed by atoms with Gasteiger partial charge in [0.1, 0.15) is 0 Å². The van der Waals surface area contributed by atoms with Gasteiger partial charge in [-0.25, -0.2) is 0 Å². The highest BCUT2D eigenvalue weighted by molar-refractivity contribution is 5.68. The third-order valence-electron chi connectivity index (χ3n) is 3.01. The van der Waals surface area contributed by atoms with Crippen LogP contribution in [0.5, 0.6) is 0 Å². The van der Waals surface area contributed by atoms with E-state index in [-0.39, 0.29) is 0 Å². The first-order chi connectivity index (χ1) is 8.04. The maximum atomic E-state index is 3.95. The quantitative estimate of drug-likeness (QED) is 0.596. The first-order valence-corrected chi connectivity index (χ1v) is 6.15. The molecule has 0 radical (unpaired) electrons. The van der Waals surface area contributed by atoms with Gasteiger partial charge in [-0.05, 0) is 43.9 Å². The molecule has 1 aromatic carbocycles. The number of hydrogen-bond acceptors (Lipinski definition) is 0. The molecule has 1 aromatic rings. The third kappa shape index (κ3) is 4.07. The van der Waals surface area contributed by atoms with E-state index in [1.807, 2.05) is 6.92 Å². The molecule has 17 heavy (non-hydrogen) atoms. The van der Waals surface area contributed by atoms with Crippen molar-refractivity contribution in [2.45, 2.75) is 34.1 Å². The standard InChI is InChI=1S/C17H22/c1-6-14(4)7-8-15(5)17-11-9-16(10-12-17)13(2)3/h7-12H,2,6H2,1,3-5H3/b14-7+,15-8+. The van der Waals surface area contributed by atoms with Gasteiger partial charge in [-0.3, -0.25) is 0 Å². The van der Waals surface area contributed by atoms with Gasteiger partial charge in [-0.2, -0.15) is 0 Å². The van der Waals surface area contributed by atoms with Gasteiger partial charge in [-0.1, -0.05) is 61.1 Å². The summed E-state index contributed by atoms with van der Waals surface area (Å²) in [7, 11) is 0. The average molecular weight is 226 g/mol. The first kappa shape index (κ1) is 13.5. The normalized spacial score (nSPS) is 12.7. The van der Waals surface area contributed by atoms with Gasteiger partial charge in [-0.15, -0.1) is 0 Å². The second-order valence-corrected chi connectivity index (χ2v) is 4.57. The Morgan fingerprint density at radius 3 is 2.00 bits per heavy atom. The van der Waals surface area contributed by atoms with Gasteiger partial charge in [0, 0.05) is 0 Å². The monoisotopic (exact) mass is 226 g/mol. The fourth-order valence-corrected chi connectivity index (χ4v) is 1.50. The lowest BCUT2D eigenvalue weighted by atomic mass is 10.0. The van der Waals surface area contributed by atoms with Crippen LogP contribution in [0.15, 0.2) is 48.6 Å². The van der Waals surface area contributed by atoms with Gasteiger partial charge in [0.15, 0.2) is 0 Å². The Bertz CT molecular complexity index is 441. The fraction of sp³-hybridized carbons (Fsp3) is 0.294. The minimum absolute atomic E-state index is 1.11. The van der Waals surface area contributed by atoms with Crippen molar-refractivity contribution in [1.29, 1.82) is 0 Å². The van der Waals surface area contributed by atoms with Crippen LogP contribution in [0, 0.1) is 0 Å². The molecule has 0 aliphatic rings. The number of benzene rings is 1. The van der Waals surface area contributed by atoms with Crippen LogP contribution in [0.1, 0.15) is 45.2 Å². The average Bonchev–Trinajstić information content (AvgIpc) is 2.35. The molecule has 90 valence electrons. The zero-order valence-electron chi connectivity index (χ0n) is 11.4. The lowest BCUT2D eigenvalue weighted by Crippen LogP contribution is -1.82. The van der Waals surface area contributed by atoms with Gasteiger partial charge >= 0.3 is 0 Å². The van der Waals surface area contributed by atoms with Crippen molar-refractivity contribution in [2.24, 2.45) is 0 Å². The van der Waals surface area contributed by atoms with Gasteiger partial charge in [0.2, 0.25) is 0 Å². The molecule has 0 saturated heterocycles. The van der Waals surface area contributed by atoms with Crippen LogP contribution in [-0.2, 0) is 0 Å². The highest BCUT2D eigenvalue weighted by Crippen LogP contribution is 2.18. The van der Waals surface area contributed by atoms with Gasteiger partial charge < -0.3 is 0 Å². The molecular weight excluding hydrogens is 204 g/mol. The van der Waals surface area contributed by atoms with Crippen molar-refractivity contribution in [3.63, 3.8) is 0 Å². The molecule has 0 aliphatic heterocycles. The van der Waals surface area contributed by atoms with Crippen molar-refractivity contribution in [3.05, 3.63) is 59.7 Å². The van der Waals surface area contributed by atoms with E-state index in [0.717, 1.165) is 12.0 Å². The topological polar surface area (TPSA) is 0 Å². The minimum atomic E-state index is 1.11. The fourth-order valence-electron chi connectivity index (χ4n) is 1.50. The summed E-state index contributed by atoms with van der Waals surface area (Å²) in [4.78, 5) is 0. The summed E-state index contributed by atoms with van der Waals surface area (Å²) in [5, 5.41) is 0. The summed E-state index contributed by atoms with van der Waals surface area (Å²) in [5.41, 5.74) is 6.30. The highest BCUT2D eigenvalue weighted by atomic mass is 14.0. The Kier molecular flexibility index (Phi) is 4.96. The summed E-state index contributed by atoms with van der Waals surface area (Å²) in [6, 6.07) is 8.58. The Morgan fingerprint density at radius 2 is 1.53 bits per heavy atom. The minimum Gasteiger partial charge on any atom is -0.0955 e. The van der Waals surface area contributed by atoms with E-state index in [9.17, 15) is 0 Å². The summed E-state index contributed by atoms with van der Waals surface area (Å²) >= 11 is 0. The molecule has 0 aromatic heterocycles. The van der Waals surface area contributed by atoms with Crippen molar-refractivity contribution in [1.82, 2.24) is 0 Å². The first-order valence-electron chi connectivity index (χ1n) is 6.15. The van der Waals surface area contributed by atoms with E-state index >= 15 is 0 Å².